The van der Waals surface area contributed by atoms with Crippen LogP contribution in [0.4, 0.5) is 15.3 Å². The van der Waals surface area contributed by atoms with Crippen LogP contribution in [0.1, 0.15) is 18.1 Å². The number of cyclic esters (lactones) is 1. The van der Waals surface area contributed by atoms with E-state index in [1.165, 1.54) is 30.3 Å². The Hall–Kier alpha value is -2.60. The molecule has 1 radical (unpaired) electrons. The summed E-state index contributed by atoms with van der Waals surface area (Å²) in [4.78, 5) is 50.2. The molecule has 0 saturated carbocycles. The Balaban J connectivity index is -0.000000334. The van der Waals surface area contributed by atoms with Gasteiger partial charge in [-0.1, -0.05) is 40.6 Å². The minimum atomic E-state index is -0.903. The molecular formula is C29H40MnN10O7S8Zn. The van der Waals surface area contributed by atoms with Gasteiger partial charge in [-0.2, -0.15) is 5.26 Å². The van der Waals surface area contributed by atoms with Crippen LogP contribution in [-0.4, -0.2) is 119 Å². The number of thiocarbonyl (C=S) groups is 4. The number of methoxy groups -OCH3 is 1. The number of oxime groups is 1. The van der Waals surface area contributed by atoms with Crippen molar-refractivity contribution >= 4 is 152 Å². The molecule has 17 nitrogen and oxygen atoms in total. The van der Waals surface area contributed by atoms with Gasteiger partial charge in [0.2, 0.25) is 5.71 Å². The number of hydrogen-bond acceptors (Lipinski definition) is 17. The molecule has 1 aliphatic heterocycles. The van der Waals surface area contributed by atoms with Gasteiger partial charge in [0.25, 0.3) is 11.8 Å². The van der Waals surface area contributed by atoms with Crippen LogP contribution >= 0.6 is 48.9 Å². The van der Waals surface area contributed by atoms with Crippen LogP contribution in [-0.2, 0) is 111 Å². The Bertz CT molecular complexity index is 1450. The third-order valence-corrected chi connectivity index (χ3v) is 6.69. The van der Waals surface area contributed by atoms with Gasteiger partial charge >= 0.3 is 48.7 Å². The third kappa shape index (κ3) is 29.6. The van der Waals surface area contributed by atoms with Crippen LogP contribution < -0.4 is 36.9 Å². The van der Waals surface area contributed by atoms with Crippen molar-refractivity contribution in [1.29, 1.82) is 5.26 Å². The number of nitriles is 1. The SMILES string of the molecule is CCNC(=O)NC(=O)/C(C#N)=N/OC.COCC(=O)N(c1c(C)cccc1C)N1CCOC1=O.S=C([S-])NCCNC(=S)[S-].S=C([S-])NCCNC(=S)[S-].[Mn+2].[Zn+2]. The van der Waals surface area contributed by atoms with Crippen LogP contribution in [0, 0.1) is 25.2 Å². The number of urea groups is 1. The second-order valence-corrected chi connectivity index (χ2v) is 13.8. The maximum Gasteiger partial charge on any atom is 2.00 e. The van der Waals surface area contributed by atoms with Crippen LogP contribution in [0.5, 0.6) is 0 Å². The van der Waals surface area contributed by atoms with Crippen molar-refractivity contribution in [3.63, 3.8) is 0 Å². The second-order valence-electron chi connectivity index (χ2n) is 9.52. The molecule has 56 heavy (non-hydrogen) atoms. The molecule has 0 aliphatic carbocycles. The predicted octanol–water partition coefficient (Wildman–Crippen LogP) is 0.662. The summed E-state index contributed by atoms with van der Waals surface area (Å²) in [6, 6.07) is 6.51. The molecule has 0 unspecified atom stereocenters. The van der Waals surface area contributed by atoms with Gasteiger partial charge in [-0.3, -0.25) is 14.9 Å². The molecule has 0 spiro atoms. The van der Waals surface area contributed by atoms with Crippen LogP contribution in [0.3, 0.4) is 0 Å². The third-order valence-electron chi connectivity index (χ3n) is 5.53. The van der Waals surface area contributed by atoms with E-state index in [1.807, 2.05) is 37.4 Å². The van der Waals surface area contributed by atoms with Gasteiger partial charge in [0.05, 0.1) is 12.2 Å². The number of aryl methyl sites for hydroxylation is 2. The fourth-order valence-electron chi connectivity index (χ4n) is 3.50. The van der Waals surface area contributed by atoms with Crippen LogP contribution in [0.25, 0.3) is 0 Å². The zero-order valence-corrected chi connectivity index (χ0v) is 41.6. The Kier molecular flexibility index (Phi) is 39.4. The zero-order valence-electron chi connectivity index (χ0n) is 30.9. The van der Waals surface area contributed by atoms with Crippen molar-refractivity contribution in [2.24, 2.45) is 5.16 Å². The fourth-order valence-corrected chi connectivity index (χ4v) is 4.32. The molecule has 1 fully saturated rings. The Morgan fingerprint density at radius 2 is 1.36 bits per heavy atom. The maximum absolute atomic E-state index is 12.3. The Labute approximate surface area is 393 Å². The number of anilines is 1. The summed E-state index contributed by atoms with van der Waals surface area (Å²) < 4.78 is 11.3. The van der Waals surface area contributed by atoms with E-state index in [9.17, 15) is 19.2 Å². The smallest absolute Gasteiger partial charge is 0.446 e. The molecule has 1 aliphatic rings. The summed E-state index contributed by atoms with van der Waals surface area (Å²) in [6.07, 6.45) is -0.517. The number of benzene rings is 1. The van der Waals surface area contributed by atoms with Gasteiger partial charge in [0.15, 0.2) is 0 Å². The van der Waals surface area contributed by atoms with E-state index in [0.29, 0.717) is 62.2 Å². The van der Waals surface area contributed by atoms with Gasteiger partial charge in [0, 0.05) is 39.8 Å². The maximum atomic E-state index is 12.3. The number of para-hydroxylation sites is 1. The molecular weight excluding hydrogens is 977 g/mol. The molecule has 27 heteroatoms. The summed E-state index contributed by atoms with van der Waals surface area (Å²) in [5.74, 6) is -1.20. The number of amides is 5. The average Bonchev–Trinajstić information content (AvgIpc) is 3.51. The van der Waals surface area contributed by atoms with E-state index in [1.54, 1.807) is 6.92 Å². The first-order chi connectivity index (χ1) is 25.5. The van der Waals surface area contributed by atoms with Crippen molar-refractivity contribution in [3.05, 3.63) is 29.3 Å². The van der Waals surface area contributed by atoms with Gasteiger partial charge in [0.1, 0.15) is 26.4 Å². The number of rotatable bonds is 13. The summed E-state index contributed by atoms with van der Waals surface area (Å²) in [6.45, 7) is 9.06. The van der Waals surface area contributed by atoms with E-state index in [2.05, 4.69) is 136 Å². The molecule has 0 aromatic heterocycles. The van der Waals surface area contributed by atoms with Crippen LogP contribution in [0.2, 0.25) is 0 Å². The topological polar surface area (TPSA) is 211 Å². The van der Waals surface area contributed by atoms with Crippen molar-refractivity contribution in [3.8, 4) is 6.07 Å². The first-order valence-corrected chi connectivity index (χ1v) is 18.5. The molecule has 305 valence electrons. The first kappa shape index (κ1) is 60.1. The monoisotopic (exact) mass is 1010 g/mol. The van der Waals surface area contributed by atoms with E-state index >= 15 is 0 Å². The normalized spacial score (nSPS) is 10.6. The molecule has 1 aromatic rings. The molecule has 1 heterocycles. The van der Waals surface area contributed by atoms with E-state index < -0.39 is 23.7 Å². The van der Waals surface area contributed by atoms with Gasteiger partial charge in [-0.05, 0) is 31.9 Å². The quantitative estimate of drug-likeness (QED) is 0.0401. The fraction of sp³-hybridized carbons (Fsp3) is 0.448. The molecule has 2 rings (SSSR count). The summed E-state index contributed by atoms with van der Waals surface area (Å²) in [5.41, 5.74) is 2.01. The number of nitrogens with zero attached hydrogens (tertiary/aromatic N) is 4. The summed E-state index contributed by atoms with van der Waals surface area (Å²) in [7, 11) is 2.64. The van der Waals surface area contributed by atoms with Gasteiger partial charge < -0.3 is 140 Å². The number of carbonyl (C=O) groups is 4. The van der Waals surface area contributed by atoms with Crippen molar-refractivity contribution in [2.75, 3.05) is 71.7 Å². The minimum Gasteiger partial charge on any atom is -0.446 e. The summed E-state index contributed by atoms with van der Waals surface area (Å²) >= 11 is 36.7. The predicted molar refractivity (Wildman–Crippen MR) is 232 cm³/mol. The van der Waals surface area contributed by atoms with Crippen molar-refractivity contribution < 1.29 is 70.0 Å². The van der Waals surface area contributed by atoms with E-state index in [4.69, 9.17) is 14.7 Å². The van der Waals surface area contributed by atoms with Gasteiger partial charge in [-0.25, -0.2) is 19.6 Å². The Morgan fingerprint density at radius 3 is 1.68 bits per heavy atom. The molecule has 6 N–H and O–H groups in total. The average molecular weight is 1020 g/mol. The molecule has 1 aromatic carbocycles. The standard InChI is InChI=1S/C14H18N2O4.C7H10N4O3.2C4H8N2S4.Mn.Zn/c1-10-5-4-6-11(2)13(10)16(12(17)9-19-3)15-7-8-20-14(15)18;1-3-9-7(13)10-6(12)5(4-8)11-14-2;2*7-3(8)5-1-2-6-4(9)10;;/h4-6H,7-9H2,1-3H3;3H2,1-2H3,(H2,9,10,12,13);2*1-2H2,(H2,5,7,8)(H2,6,9,10);;/q;;;;2*+2/p-4/b;11-5+;;;;. The van der Waals surface area contributed by atoms with Crippen molar-refractivity contribution in [2.45, 2.75) is 20.8 Å². The molecule has 5 amide bonds. The molecule has 0 atom stereocenters. The van der Waals surface area contributed by atoms with Gasteiger partial charge in [-0.15, -0.1) is 0 Å². The number of hydrazine groups is 1. The second kappa shape index (κ2) is 36.7. The van der Waals surface area contributed by atoms with E-state index in [-0.39, 0.29) is 55.7 Å². The molecule has 0 bridgehead atoms. The van der Waals surface area contributed by atoms with Crippen LogP contribution in [0.15, 0.2) is 23.4 Å². The zero-order chi connectivity index (χ0) is 41.6. The number of ether oxygens (including phenoxy) is 2. The van der Waals surface area contributed by atoms with Crippen molar-refractivity contribution in [1.82, 2.24) is 36.9 Å². The van der Waals surface area contributed by atoms with E-state index in [0.717, 1.165) is 11.1 Å². The number of carbonyl (C=O) groups excluding carboxylic acids is 4. The summed E-state index contributed by atoms with van der Waals surface area (Å²) in [5, 5.41) is 29.5. The number of hydrogen-bond donors (Lipinski definition) is 6. The first-order valence-electron chi connectivity index (χ1n) is 15.2. The Morgan fingerprint density at radius 1 is 0.911 bits per heavy atom. The molecule has 1 saturated heterocycles. The minimum absolute atomic E-state index is 0. The number of imide groups is 1. The largest absolute Gasteiger partial charge is 2.00 e. The number of nitrogens with one attached hydrogen (secondary N) is 6.